The summed E-state index contributed by atoms with van der Waals surface area (Å²) >= 11 is 0. The monoisotopic (exact) mass is 298 g/mol. The fourth-order valence-corrected chi connectivity index (χ4v) is 2.42. The molecule has 2 N–H and O–H groups in total. The number of carbonyl (C=O) groups is 1. The van der Waals surface area contributed by atoms with Crippen molar-refractivity contribution in [2.24, 2.45) is 5.73 Å². The highest BCUT2D eigenvalue weighted by molar-refractivity contribution is 7.87. The number of carbonyl (C=O) groups excluding carboxylic acids is 1. The number of nitrogens with zero attached hydrogens (tertiary/aromatic N) is 1. The minimum atomic E-state index is -4.65. The van der Waals surface area contributed by atoms with Crippen LogP contribution in [0.1, 0.15) is 6.42 Å². The Labute approximate surface area is 112 Å². The summed E-state index contributed by atoms with van der Waals surface area (Å²) in [4.78, 5) is 12.7. The van der Waals surface area contributed by atoms with E-state index in [9.17, 15) is 17.1 Å². The van der Waals surface area contributed by atoms with E-state index in [4.69, 9.17) is 15.2 Å². The predicted octanol–water partition coefficient (Wildman–Crippen LogP) is -1.12. The molecule has 0 aromatic rings. The zero-order valence-corrected chi connectivity index (χ0v) is 11.4. The molecule has 0 saturated carbocycles. The first-order chi connectivity index (χ1) is 8.95. The second-order valence-corrected chi connectivity index (χ2v) is 5.77. The molecule has 1 rings (SSSR count). The third-order valence-electron chi connectivity index (χ3n) is 2.72. The van der Waals surface area contributed by atoms with Crippen LogP contribution in [0, 0.1) is 0 Å². The molecule has 0 aliphatic carbocycles. The molecule has 0 bridgehead atoms. The van der Waals surface area contributed by atoms with E-state index in [-0.39, 0.29) is 32.0 Å². The maximum Gasteiger partial charge on any atom is 0.307 e. The topological polar surface area (TPSA) is 98.9 Å². The van der Waals surface area contributed by atoms with Crippen molar-refractivity contribution in [2.45, 2.75) is 11.7 Å². The number of hydrogen-bond donors (Lipinski definition) is 1. The molecule has 1 saturated heterocycles. The third-order valence-corrected chi connectivity index (χ3v) is 3.83. The van der Waals surface area contributed by atoms with Gasteiger partial charge in [0.15, 0.2) is 0 Å². The lowest BCUT2D eigenvalue weighted by molar-refractivity contribution is -0.128. The maximum atomic E-state index is 12.7. The Morgan fingerprint density at radius 1 is 1.26 bits per heavy atom. The zero-order chi connectivity index (χ0) is 14.3. The Bertz CT molecular complexity index is 389. The Morgan fingerprint density at radius 3 is 2.42 bits per heavy atom. The smallest absolute Gasteiger partial charge is 0.307 e. The van der Waals surface area contributed by atoms with Gasteiger partial charge in [-0.15, -0.1) is 3.89 Å². The molecule has 0 aromatic carbocycles. The van der Waals surface area contributed by atoms with Crippen molar-refractivity contribution in [1.29, 1.82) is 0 Å². The van der Waals surface area contributed by atoms with Crippen LogP contribution in [0.4, 0.5) is 3.89 Å². The summed E-state index contributed by atoms with van der Waals surface area (Å²) in [5, 5.41) is -1.24. The summed E-state index contributed by atoms with van der Waals surface area (Å²) < 4.78 is 44.4. The highest BCUT2D eigenvalue weighted by Gasteiger charge is 2.37. The molecule has 0 radical (unpaired) electrons. The van der Waals surface area contributed by atoms with Crippen LogP contribution in [-0.2, 0) is 24.5 Å². The Hall–Kier alpha value is -0.770. The largest absolute Gasteiger partial charge is 0.378 e. The summed E-state index contributed by atoms with van der Waals surface area (Å²) in [6.45, 7) is 2.09. The number of hydrogen-bond acceptors (Lipinski definition) is 6. The molecule has 1 aliphatic rings. The van der Waals surface area contributed by atoms with E-state index in [0.717, 1.165) is 0 Å². The molecule has 0 aromatic heterocycles. The molecule has 0 spiro atoms. The summed E-state index contributed by atoms with van der Waals surface area (Å²) in [5.74, 6) is -0.366. The van der Waals surface area contributed by atoms with Crippen molar-refractivity contribution in [3.05, 3.63) is 0 Å². The molecule has 1 fully saturated rings. The van der Waals surface area contributed by atoms with E-state index in [0.29, 0.717) is 26.4 Å². The van der Waals surface area contributed by atoms with Crippen LogP contribution in [0.15, 0.2) is 0 Å². The predicted molar refractivity (Wildman–Crippen MR) is 65.7 cm³/mol. The molecular formula is C10H19FN2O5S. The Morgan fingerprint density at radius 2 is 1.89 bits per heavy atom. The minimum Gasteiger partial charge on any atom is -0.378 e. The van der Waals surface area contributed by atoms with Crippen LogP contribution in [0.2, 0.25) is 0 Å². The minimum absolute atomic E-state index is 0.106. The van der Waals surface area contributed by atoms with Crippen LogP contribution < -0.4 is 5.73 Å². The first-order valence-corrected chi connectivity index (χ1v) is 7.46. The Balaban J connectivity index is 2.15. The fourth-order valence-electron chi connectivity index (χ4n) is 1.72. The molecule has 19 heavy (non-hydrogen) atoms. The summed E-state index contributed by atoms with van der Waals surface area (Å²) in [6.07, 6.45) is -0.293. The van der Waals surface area contributed by atoms with Gasteiger partial charge in [0, 0.05) is 26.1 Å². The van der Waals surface area contributed by atoms with Crippen LogP contribution in [0.3, 0.4) is 0 Å². The number of amides is 1. The molecule has 1 atom stereocenters. The van der Waals surface area contributed by atoms with Crippen molar-refractivity contribution in [1.82, 2.24) is 4.90 Å². The van der Waals surface area contributed by atoms with Gasteiger partial charge >= 0.3 is 10.2 Å². The molecule has 1 unspecified atom stereocenters. The first-order valence-electron chi connectivity index (χ1n) is 6.02. The number of halogens is 1. The van der Waals surface area contributed by atoms with Gasteiger partial charge in [-0.2, -0.15) is 8.42 Å². The lowest BCUT2D eigenvalue weighted by Crippen LogP contribution is -2.31. The van der Waals surface area contributed by atoms with Crippen LogP contribution in [-0.4, -0.2) is 70.5 Å². The van der Waals surface area contributed by atoms with E-state index in [1.807, 2.05) is 0 Å². The summed E-state index contributed by atoms with van der Waals surface area (Å²) in [5.41, 5.74) is 5.23. The van der Waals surface area contributed by atoms with Crippen molar-refractivity contribution in [2.75, 3.05) is 46.1 Å². The van der Waals surface area contributed by atoms with Gasteiger partial charge in [-0.25, -0.2) is 0 Å². The standard InChI is InChI=1S/C10H19FN2O5S/c11-19(15,16)9-7-10(14)13(8-9)2-4-18-6-5-17-3-1-12/h9H,1-8,12H2. The Kier molecular flexibility index (Phi) is 6.63. The second-order valence-electron chi connectivity index (χ2n) is 4.15. The number of ether oxygens (including phenoxy) is 2. The van der Waals surface area contributed by atoms with Crippen LogP contribution >= 0.6 is 0 Å². The lowest BCUT2D eigenvalue weighted by Gasteiger charge is -2.15. The first kappa shape index (κ1) is 16.3. The molecule has 1 heterocycles. The molecule has 1 aliphatic heterocycles. The quantitative estimate of drug-likeness (QED) is 0.427. The number of rotatable bonds is 9. The number of likely N-dealkylation sites (tertiary alicyclic amines) is 1. The van der Waals surface area contributed by atoms with E-state index < -0.39 is 15.5 Å². The van der Waals surface area contributed by atoms with Crippen LogP contribution in [0.25, 0.3) is 0 Å². The van der Waals surface area contributed by atoms with E-state index in [1.165, 1.54) is 4.90 Å². The van der Waals surface area contributed by atoms with Gasteiger partial charge in [-0.3, -0.25) is 4.79 Å². The average molecular weight is 298 g/mol. The summed E-state index contributed by atoms with van der Waals surface area (Å²) in [7, 11) is -4.65. The van der Waals surface area contributed by atoms with Gasteiger partial charge < -0.3 is 20.1 Å². The van der Waals surface area contributed by atoms with Gasteiger partial charge in [-0.05, 0) is 0 Å². The molecule has 1 amide bonds. The molecule has 7 nitrogen and oxygen atoms in total. The van der Waals surface area contributed by atoms with Gasteiger partial charge in [0.1, 0.15) is 5.25 Å². The highest BCUT2D eigenvalue weighted by atomic mass is 32.3. The average Bonchev–Trinajstić information content (AvgIpc) is 2.70. The van der Waals surface area contributed by atoms with E-state index >= 15 is 0 Å². The zero-order valence-electron chi connectivity index (χ0n) is 10.6. The van der Waals surface area contributed by atoms with E-state index in [2.05, 4.69) is 0 Å². The highest BCUT2D eigenvalue weighted by Crippen LogP contribution is 2.19. The molecular weight excluding hydrogens is 279 g/mol. The van der Waals surface area contributed by atoms with Crippen LogP contribution in [0.5, 0.6) is 0 Å². The van der Waals surface area contributed by atoms with Crippen molar-refractivity contribution in [3.63, 3.8) is 0 Å². The van der Waals surface area contributed by atoms with Gasteiger partial charge in [0.05, 0.1) is 26.4 Å². The SMILES string of the molecule is NCCOCCOCCN1CC(S(=O)(=O)F)CC1=O. The van der Waals surface area contributed by atoms with Crippen molar-refractivity contribution in [3.8, 4) is 0 Å². The second kappa shape index (κ2) is 7.73. The van der Waals surface area contributed by atoms with Gasteiger partial charge in [0.25, 0.3) is 0 Å². The summed E-state index contributed by atoms with van der Waals surface area (Å²) in [6, 6.07) is 0. The van der Waals surface area contributed by atoms with E-state index in [1.54, 1.807) is 0 Å². The van der Waals surface area contributed by atoms with Crippen molar-refractivity contribution >= 4 is 16.1 Å². The van der Waals surface area contributed by atoms with Crippen molar-refractivity contribution < 1.29 is 26.6 Å². The molecule has 112 valence electrons. The third kappa shape index (κ3) is 5.81. The maximum absolute atomic E-state index is 12.7. The lowest BCUT2D eigenvalue weighted by atomic mass is 10.4. The number of nitrogens with two attached hydrogens (primary N) is 1. The molecule has 9 heteroatoms. The van der Waals surface area contributed by atoms with Gasteiger partial charge in [-0.1, -0.05) is 0 Å². The fraction of sp³-hybridized carbons (Fsp3) is 0.900. The van der Waals surface area contributed by atoms with Gasteiger partial charge in [0.2, 0.25) is 5.91 Å². The normalized spacial score (nSPS) is 20.2.